The predicted molar refractivity (Wildman–Crippen MR) is 75.2 cm³/mol. The molecule has 19 heavy (non-hydrogen) atoms. The maximum atomic E-state index is 12.2. The minimum absolute atomic E-state index is 0.120. The largest absolute Gasteiger partial charge is 0.361 e. The van der Waals surface area contributed by atoms with Gasteiger partial charge in [0.05, 0.1) is 0 Å². The topological polar surface area (TPSA) is 57.8 Å². The van der Waals surface area contributed by atoms with Crippen LogP contribution < -0.4 is 5.32 Å². The van der Waals surface area contributed by atoms with Crippen LogP contribution in [0.1, 0.15) is 15.9 Å². The second-order valence-corrected chi connectivity index (χ2v) is 4.42. The van der Waals surface area contributed by atoms with Crippen molar-refractivity contribution in [3.05, 3.63) is 60.0 Å². The van der Waals surface area contributed by atoms with Crippen LogP contribution in [0, 0.1) is 6.92 Å². The van der Waals surface area contributed by atoms with E-state index < -0.39 is 0 Å². The molecule has 0 fully saturated rings. The number of hydrogen-bond donors (Lipinski definition) is 2. The molecule has 0 aliphatic heterocycles. The highest BCUT2D eigenvalue weighted by Crippen LogP contribution is 2.17. The van der Waals surface area contributed by atoms with E-state index in [1.165, 1.54) is 0 Å². The maximum absolute atomic E-state index is 12.2. The summed E-state index contributed by atoms with van der Waals surface area (Å²) in [6.07, 6.45) is 5.25. The number of pyridine rings is 1. The smallest absolute Gasteiger partial charge is 0.255 e. The molecule has 94 valence electrons. The van der Waals surface area contributed by atoms with Crippen LogP contribution in [0.25, 0.3) is 10.9 Å². The van der Waals surface area contributed by atoms with Gasteiger partial charge in [-0.15, -0.1) is 0 Å². The highest BCUT2D eigenvalue weighted by Gasteiger charge is 2.08. The van der Waals surface area contributed by atoms with Crippen molar-refractivity contribution in [2.75, 3.05) is 5.32 Å². The van der Waals surface area contributed by atoms with Gasteiger partial charge in [0.25, 0.3) is 5.91 Å². The standard InChI is InChI=1S/C15H13N3O/c1-10-9-16-6-5-13(10)18-15(19)12-3-2-11-4-7-17-14(11)8-12/h2-9,17H,1H3,(H,16,18,19). The molecule has 4 heteroatoms. The van der Waals surface area contributed by atoms with E-state index in [0.29, 0.717) is 5.56 Å². The summed E-state index contributed by atoms with van der Waals surface area (Å²) in [6.45, 7) is 1.91. The minimum atomic E-state index is -0.120. The Bertz CT molecular complexity index is 746. The van der Waals surface area contributed by atoms with E-state index in [2.05, 4.69) is 15.3 Å². The Balaban J connectivity index is 1.89. The predicted octanol–water partition coefficient (Wildman–Crippen LogP) is 3.12. The van der Waals surface area contributed by atoms with Crippen LogP contribution in [0.4, 0.5) is 5.69 Å². The number of anilines is 1. The number of amides is 1. The fourth-order valence-corrected chi connectivity index (χ4v) is 2.00. The molecular formula is C15H13N3O. The third-order valence-corrected chi connectivity index (χ3v) is 3.09. The van der Waals surface area contributed by atoms with E-state index in [4.69, 9.17) is 0 Å². The number of carbonyl (C=O) groups excluding carboxylic acids is 1. The van der Waals surface area contributed by atoms with Gasteiger partial charge >= 0.3 is 0 Å². The van der Waals surface area contributed by atoms with Gasteiger partial charge in [-0.05, 0) is 42.1 Å². The fraction of sp³-hybridized carbons (Fsp3) is 0.0667. The van der Waals surface area contributed by atoms with E-state index in [0.717, 1.165) is 22.2 Å². The Morgan fingerprint density at radius 1 is 1.26 bits per heavy atom. The highest BCUT2D eigenvalue weighted by atomic mass is 16.1. The van der Waals surface area contributed by atoms with Crippen molar-refractivity contribution < 1.29 is 4.79 Å². The van der Waals surface area contributed by atoms with Gasteiger partial charge in [-0.3, -0.25) is 9.78 Å². The molecule has 0 unspecified atom stereocenters. The molecule has 0 radical (unpaired) electrons. The lowest BCUT2D eigenvalue weighted by atomic mass is 10.1. The second-order valence-electron chi connectivity index (χ2n) is 4.42. The number of benzene rings is 1. The zero-order valence-corrected chi connectivity index (χ0v) is 10.5. The summed E-state index contributed by atoms with van der Waals surface area (Å²) in [5.41, 5.74) is 3.31. The summed E-state index contributed by atoms with van der Waals surface area (Å²) >= 11 is 0. The summed E-state index contributed by atoms with van der Waals surface area (Å²) in [5.74, 6) is -0.120. The molecule has 2 N–H and O–H groups in total. The SMILES string of the molecule is Cc1cnccc1NC(=O)c1ccc2cc[nH]c2c1. The minimum Gasteiger partial charge on any atom is -0.361 e. The van der Waals surface area contributed by atoms with E-state index in [1.807, 2.05) is 37.4 Å². The molecule has 3 aromatic rings. The number of aryl methyl sites for hydroxylation is 1. The van der Waals surface area contributed by atoms with Crippen LogP contribution in [0.5, 0.6) is 0 Å². The average molecular weight is 251 g/mol. The van der Waals surface area contributed by atoms with Crippen LogP contribution in [0.15, 0.2) is 48.9 Å². The third kappa shape index (κ3) is 2.20. The maximum Gasteiger partial charge on any atom is 0.255 e. The molecule has 0 saturated carbocycles. The van der Waals surface area contributed by atoms with Crippen LogP contribution in [-0.4, -0.2) is 15.9 Å². The van der Waals surface area contributed by atoms with Gasteiger partial charge in [0.2, 0.25) is 0 Å². The van der Waals surface area contributed by atoms with E-state index in [9.17, 15) is 4.79 Å². The normalized spacial score (nSPS) is 10.6. The number of hydrogen-bond acceptors (Lipinski definition) is 2. The van der Waals surface area contributed by atoms with Crippen molar-refractivity contribution in [1.29, 1.82) is 0 Å². The summed E-state index contributed by atoms with van der Waals surface area (Å²) in [4.78, 5) is 19.3. The number of fused-ring (bicyclic) bond motifs is 1. The third-order valence-electron chi connectivity index (χ3n) is 3.09. The molecule has 0 atom stereocenters. The van der Waals surface area contributed by atoms with Crippen molar-refractivity contribution in [1.82, 2.24) is 9.97 Å². The second kappa shape index (κ2) is 4.57. The molecule has 1 aromatic carbocycles. The number of H-pyrrole nitrogens is 1. The first-order valence-electron chi connectivity index (χ1n) is 6.03. The van der Waals surface area contributed by atoms with Gasteiger partial charge in [0.15, 0.2) is 0 Å². The molecule has 0 aliphatic carbocycles. The first-order chi connectivity index (χ1) is 9.24. The number of aromatic amines is 1. The fourth-order valence-electron chi connectivity index (χ4n) is 2.00. The quantitative estimate of drug-likeness (QED) is 0.735. The molecule has 2 aromatic heterocycles. The van der Waals surface area contributed by atoms with Gasteiger partial charge in [0.1, 0.15) is 0 Å². The van der Waals surface area contributed by atoms with Crippen LogP contribution in [0.3, 0.4) is 0 Å². The molecule has 0 saturated heterocycles. The van der Waals surface area contributed by atoms with Crippen molar-refractivity contribution in [3.63, 3.8) is 0 Å². The zero-order valence-electron chi connectivity index (χ0n) is 10.5. The molecular weight excluding hydrogens is 238 g/mol. The Labute approximate surface area is 110 Å². The molecule has 3 rings (SSSR count). The van der Waals surface area contributed by atoms with Crippen molar-refractivity contribution in [3.8, 4) is 0 Å². The average Bonchev–Trinajstić information content (AvgIpc) is 2.88. The number of nitrogens with one attached hydrogen (secondary N) is 2. The molecule has 2 heterocycles. The molecule has 0 aliphatic rings. The Morgan fingerprint density at radius 2 is 2.16 bits per heavy atom. The van der Waals surface area contributed by atoms with Gasteiger partial charge < -0.3 is 10.3 Å². The Kier molecular flexibility index (Phi) is 2.76. The summed E-state index contributed by atoms with van der Waals surface area (Å²) in [7, 11) is 0. The summed E-state index contributed by atoms with van der Waals surface area (Å²) in [5, 5.41) is 3.98. The monoisotopic (exact) mass is 251 g/mol. The van der Waals surface area contributed by atoms with Crippen molar-refractivity contribution in [2.45, 2.75) is 6.92 Å². The molecule has 0 bridgehead atoms. The number of aromatic nitrogens is 2. The Morgan fingerprint density at radius 3 is 3.00 bits per heavy atom. The number of nitrogens with zero attached hydrogens (tertiary/aromatic N) is 1. The molecule has 0 spiro atoms. The van der Waals surface area contributed by atoms with Crippen LogP contribution >= 0.6 is 0 Å². The molecule has 4 nitrogen and oxygen atoms in total. The van der Waals surface area contributed by atoms with Gasteiger partial charge in [0, 0.05) is 35.4 Å². The van der Waals surface area contributed by atoms with Crippen LogP contribution in [-0.2, 0) is 0 Å². The Hall–Kier alpha value is -2.62. The summed E-state index contributed by atoms with van der Waals surface area (Å²) in [6, 6.07) is 9.37. The van der Waals surface area contributed by atoms with Crippen LogP contribution in [0.2, 0.25) is 0 Å². The molecule has 1 amide bonds. The van der Waals surface area contributed by atoms with Gasteiger partial charge in [-0.2, -0.15) is 0 Å². The zero-order chi connectivity index (χ0) is 13.2. The van der Waals surface area contributed by atoms with Gasteiger partial charge in [-0.1, -0.05) is 6.07 Å². The van der Waals surface area contributed by atoms with E-state index >= 15 is 0 Å². The summed E-state index contributed by atoms with van der Waals surface area (Å²) < 4.78 is 0. The van der Waals surface area contributed by atoms with Crippen molar-refractivity contribution >= 4 is 22.5 Å². The van der Waals surface area contributed by atoms with Crippen molar-refractivity contribution in [2.24, 2.45) is 0 Å². The lowest BCUT2D eigenvalue weighted by molar-refractivity contribution is 0.102. The number of rotatable bonds is 2. The van der Waals surface area contributed by atoms with E-state index in [1.54, 1.807) is 18.5 Å². The highest BCUT2D eigenvalue weighted by molar-refractivity contribution is 6.06. The number of carbonyl (C=O) groups is 1. The first-order valence-corrected chi connectivity index (χ1v) is 6.03. The lowest BCUT2D eigenvalue weighted by Crippen LogP contribution is -2.12. The lowest BCUT2D eigenvalue weighted by Gasteiger charge is -2.07. The van der Waals surface area contributed by atoms with E-state index in [-0.39, 0.29) is 5.91 Å². The van der Waals surface area contributed by atoms with Gasteiger partial charge in [-0.25, -0.2) is 0 Å². The first kappa shape index (κ1) is 11.5.